The van der Waals surface area contributed by atoms with Crippen molar-refractivity contribution in [3.63, 3.8) is 0 Å². The summed E-state index contributed by atoms with van der Waals surface area (Å²) in [5.41, 5.74) is 1.31. The summed E-state index contributed by atoms with van der Waals surface area (Å²) in [6.45, 7) is 6.83. The topological polar surface area (TPSA) is 113 Å². The highest BCUT2D eigenvalue weighted by Gasteiger charge is 2.20. The lowest BCUT2D eigenvalue weighted by Crippen LogP contribution is -2.33. The van der Waals surface area contributed by atoms with Gasteiger partial charge in [0, 0.05) is 32.0 Å². The Kier molecular flexibility index (Phi) is 9.29. The minimum absolute atomic E-state index is 0.00134. The van der Waals surface area contributed by atoms with Gasteiger partial charge in [-0.1, -0.05) is 12.1 Å². The molecule has 0 fully saturated rings. The van der Waals surface area contributed by atoms with Crippen LogP contribution in [-0.4, -0.2) is 52.8 Å². The number of aryl methyl sites for hydroxylation is 2. The molecule has 0 unspecified atom stereocenters. The van der Waals surface area contributed by atoms with Gasteiger partial charge in [0.05, 0.1) is 25.4 Å². The molecule has 0 N–H and O–H groups in total. The van der Waals surface area contributed by atoms with Crippen LogP contribution in [0.3, 0.4) is 0 Å². The summed E-state index contributed by atoms with van der Waals surface area (Å²) in [5.74, 6) is -1.30. The van der Waals surface area contributed by atoms with E-state index in [0.717, 1.165) is 5.56 Å². The first-order valence-electron chi connectivity index (χ1n) is 11.7. The van der Waals surface area contributed by atoms with E-state index in [1.807, 2.05) is 19.9 Å². The number of methoxy groups -OCH3 is 1. The molecule has 3 heterocycles. The molecular formula is C26H30N4O6. The number of nitrogens with zero attached hydrogens (tertiary/aromatic N) is 4. The average molecular weight is 495 g/mol. The van der Waals surface area contributed by atoms with Crippen LogP contribution in [0.1, 0.15) is 36.2 Å². The fourth-order valence-corrected chi connectivity index (χ4v) is 3.65. The van der Waals surface area contributed by atoms with Crippen LogP contribution >= 0.6 is 0 Å². The molecule has 10 nitrogen and oxygen atoms in total. The summed E-state index contributed by atoms with van der Waals surface area (Å²) in [4.78, 5) is 48.1. The molecule has 10 heteroatoms. The zero-order valence-corrected chi connectivity index (χ0v) is 20.9. The highest BCUT2D eigenvalue weighted by molar-refractivity contribution is 5.94. The Morgan fingerprint density at radius 3 is 2.69 bits per heavy atom. The van der Waals surface area contributed by atoms with Crippen LogP contribution < -0.4 is 11.0 Å². The quantitative estimate of drug-likeness (QED) is 0.106. The van der Waals surface area contributed by atoms with E-state index < -0.39 is 11.9 Å². The number of hydrogen-bond acceptors (Lipinski definition) is 7. The molecule has 3 aromatic rings. The predicted molar refractivity (Wildman–Crippen MR) is 135 cm³/mol. The van der Waals surface area contributed by atoms with E-state index in [2.05, 4.69) is 4.99 Å². The molecule has 0 aromatic carbocycles. The molecular weight excluding hydrogens is 464 g/mol. The van der Waals surface area contributed by atoms with Crippen LogP contribution in [0, 0.1) is 6.92 Å². The Hall–Kier alpha value is -4.05. The normalized spacial score (nSPS) is 12.3. The van der Waals surface area contributed by atoms with Crippen LogP contribution in [-0.2, 0) is 25.5 Å². The lowest BCUT2D eigenvalue weighted by Gasteiger charge is -2.15. The number of aromatic nitrogens is 3. The summed E-state index contributed by atoms with van der Waals surface area (Å²) in [6.07, 6.45) is 7.82. The highest BCUT2D eigenvalue weighted by atomic mass is 16.5. The van der Waals surface area contributed by atoms with Crippen LogP contribution in [0.15, 0.2) is 58.7 Å². The first-order chi connectivity index (χ1) is 17.4. The molecule has 0 bridgehead atoms. The molecule has 0 saturated carbocycles. The van der Waals surface area contributed by atoms with E-state index in [9.17, 15) is 14.4 Å². The van der Waals surface area contributed by atoms with Crippen LogP contribution in [0.2, 0.25) is 0 Å². The maximum Gasteiger partial charge on any atom is 0.341 e. The Balaban J connectivity index is 2.38. The number of hydrogen-bond donors (Lipinski definition) is 0. The Morgan fingerprint density at radius 1 is 1.17 bits per heavy atom. The summed E-state index contributed by atoms with van der Waals surface area (Å²) < 4.78 is 18.6. The number of allylic oxidation sites excluding steroid dienone is 2. The molecule has 0 aliphatic heterocycles. The zero-order chi connectivity index (χ0) is 26.1. The molecule has 36 heavy (non-hydrogen) atoms. The number of fused-ring (bicyclic) bond motifs is 2. The van der Waals surface area contributed by atoms with Gasteiger partial charge in [0.1, 0.15) is 16.9 Å². The Bertz CT molecular complexity index is 1450. The third-order valence-electron chi connectivity index (χ3n) is 5.26. The first kappa shape index (κ1) is 26.6. The Labute approximate surface area is 208 Å². The van der Waals surface area contributed by atoms with Crippen molar-refractivity contribution in [2.45, 2.75) is 33.7 Å². The lowest BCUT2D eigenvalue weighted by molar-refractivity contribution is -0.113. The van der Waals surface area contributed by atoms with Crippen molar-refractivity contribution in [3.05, 3.63) is 75.9 Å². The smallest absolute Gasteiger partial charge is 0.341 e. The van der Waals surface area contributed by atoms with Gasteiger partial charge in [-0.25, -0.2) is 9.78 Å². The molecule has 1 amide bonds. The van der Waals surface area contributed by atoms with Crippen molar-refractivity contribution in [1.82, 2.24) is 14.0 Å². The second-order valence-electron chi connectivity index (χ2n) is 7.72. The SMILES string of the molecule is CCOCCCn1c(=NC(=O)/C=C/C=C/OC)c(C(=O)OCC)cc2c(=O)n3cccc(C)c3nc21. The minimum atomic E-state index is -0.693. The summed E-state index contributed by atoms with van der Waals surface area (Å²) in [6, 6.07) is 5.01. The van der Waals surface area contributed by atoms with Gasteiger partial charge in [0.25, 0.3) is 11.5 Å². The number of carbonyl (C=O) groups is 2. The van der Waals surface area contributed by atoms with Gasteiger partial charge in [0.15, 0.2) is 5.49 Å². The lowest BCUT2D eigenvalue weighted by atomic mass is 10.2. The molecule has 3 rings (SSSR count). The monoisotopic (exact) mass is 494 g/mol. The third kappa shape index (κ3) is 5.95. The number of ether oxygens (including phenoxy) is 3. The van der Waals surface area contributed by atoms with Crippen molar-refractivity contribution in [2.24, 2.45) is 4.99 Å². The van der Waals surface area contributed by atoms with Crippen molar-refractivity contribution in [1.29, 1.82) is 0 Å². The van der Waals surface area contributed by atoms with Crippen LogP contribution in [0.25, 0.3) is 16.7 Å². The zero-order valence-electron chi connectivity index (χ0n) is 20.9. The maximum atomic E-state index is 13.4. The van der Waals surface area contributed by atoms with E-state index in [0.29, 0.717) is 37.5 Å². The second kappa shape index (κ2) is 12.6. The van der Waals surface area contributed by atoms with Gasteiger partial charge in [-0.05, 0) is 51.0 Å². The first-order valence-corrected chi connectivity index (χ1v) is 11.7. The highest BCUT2D eigenvalue weighted by Crippen LogP contribution is 2.14. The van der Waals surface area contributed by atoms with E-state index in [-0.39, 0.29) is 28.6 Å². The van der Waals surface area contributed by atoms with E-state index in [1.54, 1.807) is 23.8 Å². The fourth-order valence-electron chi connectivity index (χ4n) is 3.65. The maximum absolute atomic E-state index is 13.4. The number of pyridine rings is 2. The second-order valence-corrected chi connectivity index (χ2v) is 7.72. The summed E-state index contributed by atoms with van der Waals surface area (Å²) in [5, 5.41) is 0.211. The largest absolute Gasteiger partial charge is 0.504 e. The van der Waals surface area contributed by atoms with E-state index in [1.165, 1.54) is 42.1 Å². The van der Waals surface area contributed by atoms with Gasteiger partial charge >= 0.3 is 5.97 Å². The molecule has 0 aliphatic carbocycles. The van der Waals surface area contributed by atoms with Gasteiger partial charge in [-0.15, -0.1) is 0 Å². The minimum Gasteiger partial charge on any atom is -0.504 e. The Morgan fingerprint density at radius 2 is 1.97 bits per heavy atom. The molecule has 3 aromatic heterocycles. The fraction of sp³-hybridized carbons (Fsp3) is 0.346. The van der Waals surface area contributed by atoms with Crippen LogP contribution in [0.4, 0.5) is 0 Å². The number of esters is 1. The van der Waals surface area contributed by atoms with Crippen molar-refractivity contribution in [3.8, 4) is 0 Å². The van der Waals surface area contributed by atoms with Crippen molar-refractivity contribution < 1.29 is 23.8 Å². The third-order valence-corrected chi connectivity index (χ3v) is 5.26. The van der Waals surface area contributed by atoms with Gasteiger partial charge in [0.2, 0.25) is 0 Å². The molecule has 0 aliphatic rings. The predicted octanol–water partition coefficient (Wildman–Crippen LogP) is 2.70. The summed E-state index contributed by atoms with van der Waals surface area (Å²) >= 11 is 0. The van der Waals surface area contributed by atoms with Crippen molar-refractivity contribution in [2.75, 3.05) is 26.9 Å². The van der Waals surface area contributed by atoms with Crippen LogP contribution in [0.5, 0.6) is 0 Å². The summed E-state index contributed by atoms with van der Waals surface area (Å²) in [7, 11) is 1.49. The van der Waals surface area contributed by atoms with Gasteiger partial charge in [-0.3, -0.25) is 14.0 Å². The molecule has 0 atom stereocenters. The standard InChI is InChI=1S/C26H30N4O6/c1-5-35-16-10-14-29-23-19(25(32)30-13-9-11-18(3)22(30)28-23)17-20(26(33)36-6-2)24(29)27-21(31)12-7-8-15-34-4/h7-9,11-13,15,17H,5-6,10,14,16H2,1-4H3/b12-7+,15-8+,27-24?. The van der Waals surface area contributed by atoms with Gasteiger partial charge < -0.3 is 18.8 Å². The number of rotatable bonds is 10. The van der Waals surface area contributed by atoms with Crippen molar-refractivity contribution >= 4 is 28.6 Å². The average Bonchev–Trinajstić information content (AvgIpc) is 2.86. The van der Waals surface area contributed by atoms with E-state index in [4.69, 9.17) is 19.2 Å². The van der Waals surface area contributed by atoms with E-state index >= 15 is 0 Å². The number of amides is 1. The van der Waals surface area contributed by atoms with Gasteiger partial charge in [-0.2, -0.15) is 4.99 Å². The molecule has 0 spiro atoms. The molecule has 0 radical (unpaired) electrons. The molecule has 190 valence electrons. The molecule has 0 saturated heterocycles. The number of carbonyl (C=O) groups excluding carboxylic acids is 2.